The van der Waals surface area contributed by atoms with Crippen molar-refractivity contribution in [3.63, 3.8) is 0 Å². The van der Waals surface area contributed by atoms with E-state index in [2.05, 4.69) is 10.4 Å². The Bertz CT molecular complexity index is 1550. The van der Waals surface area contributed by atoms with Gasteiger partial charge in [0.25, 0.3) is 5.91 Å². The zero-order valence-corrected chi connectivity index (χ0v) is 29.3. The van der Waals surface area contributed by atoms with E-state index in [1.54, 1.807) is 36.9 Å². The molecular weight excluding hydrogens is 634 g/mol. The summed E-state index contributed by atoms with van der Waals surface area (Å²) in [6.07, 6.45) is 7.44. The number of nitrogens with zero attached hydrogens (tertiary/aromatic N) is 6. The molecule has 13 nitrogen and oxygen atoms in total. The Hall–Kier alpha value is -3.94. The van der Waals surface area contributed by atoms with Crippen LogP contribution in [0.1, 0.15) is 72.6 Å². The highest BCUT2D eigenvalue weighted by atomic mass is 32.1. The maximum atomic E-state index is 14.1. The van der Waals surface area contributed by atoms with Gasteiger partial charge in [-0.25, -0.2) is 24.3 Å². The number of thiocarbonyl (C=S) groups is 1. The average molecular weight is 682 g/mol. The Morgan fingerprint density at radius 1 is 1.10 bits per heavy atom. The highest BCUT2D eigenvalue weighted by Crippen LogP contribution is 2.58. The molecule has 1 aromatic carbocycles. The van der Waals surface area contributed by atoms with Gasteiger partial charge < -0.3 is 19.8 Å². The van der Waals surface area contributed by atoms with Gasteiger partial charge in [-0.1, -0.05) is 12.1 Å². The lowest BCUT2D eigenvalue weighted by molar-refractivity contribution is -0.174. The number of esters is 1. The minimum Gasteiger partial charge on any atom is -0.458 e. The summed E-state index contributed by atoms with van der Waals surface area (Å²) in [6.45, 7) is 7.36. The van der Waals surface area contributed by atoms with Crippen molar-refractivity contribution in [3.05, 3.63) is 30.6 Å². The van der Waals surface area contributed by atoms with Gasteiger partial charge in [-0.05, 0) is 108 Å². The molecule has 14 heteroatoms. The highest BCUT2D eigenvalue weighted by Gasteiger charge is 2.58. The number of para-hydroxylation sites is 2. The molecule has 4 saturated carbocycles. The van der Waals surface area contributed by atoms with E-state index in [-0.39, 0.29) is 24.1 Å². The second-order valence-corrected chi connectivity index (χ2v) is 15.3. The molecule has 1 atom stereocenters. The molecule has 2 heterocycles. The molecule has 1 aromatic heterocycles. The van der Waals surface area contributed by atoms with Crippen molar-refractivity contribution < 1.29 is 28.7 Å². The van der Waals surface area contributed by atoms with Gasteiger partial charge in [0.2, 0.25) is 5.91 Å². The fraction of sp³-hybridized carbons (Fsp3) is 0.647. The normalized spacial score (nSPS) is 25.4. The topological polar surface area (TPSA) is 130 Å². The van der Waals surface area contributed by atoms with Gasteiger partial charge in [0.1, 0.15) is 18.5 Å². The molecule has 7 rings (SSSR count). The molecule has 260 valence electrons. The standard InChI is InChI=1S/C34H47N7O6S/c1-22(42)39(41-29(43)20-37(31(41)48)12-8-11-36-38-21-35-26-9-6-7-10-27(26)38)19-28(30(44)47-33(2,3)4)40(32(45)46-5)34-16-23-13-24(17-34)15-25(14-23)18-34/h6-7,9-10,21,23-25,28,36H,8,11-20H2,1-5H3. The minimum atomic E-state index is -1.21. The van der Waals surface area contributed by atoms with Gasteiger partial charge in [0.05, 0.1) is 24.7 Å². The summed E-state index contributed by atoms with van der Waals surface area (Å²) in [5.74, 6) is -0.113. The van der Waals surface area contributed by atoms with Crippen molar-refractivity contribution in [3.8, 4) is 0 Å². The van der Waals surface area contributed by atoms with Gasteiger partial charge in [-0.3, -0.25) is 14.5 Å². The summed E-state index contributed by atoms with van der Waals surface area (Å²) in [4.78, 5) is 62.4. The highest BCUT2D eigenvalue weighted by molar-refractivity contribution is 7.80. The lowest BCUT2D eigenvalue weighted by atomic mass is 9.52. The lowest BCUT2D eigenvalue weighted by Gasteiger charge is -2.61. The molecule has 48 heavy (non-hydrogen) atoms. The predicted octanol–water partition coefficient (Wildman–Crippen LogP) is 3.91. The van der Waals surface area contributed by atoms with Gasteiger partial charge in [-0.15, -0.1) is 0 Å². The quantitative estimate of drug-likeness (QED) is 0.212. The number of ether oxygens (including phenoxy) is 2. The molecule has 0 spiro atoms. The van der Waals surface area contributed by atoms with Gasteiger partial charge in [-0.2, -0.15) is 5.01 Å². The first-order chi connectivity index (χ1) is 22.8. The largest absolute Gasteiger partial charge is 0.458 e. The summed E-state index contributed by atoms with van der Waals surface area (Å²) < 4.78 is 13.1. The average Bonchev–Trinajstić information content (AvgIpc) is 3.54. The summed E-state index contributed by atoms with van der Waals surface area (Å²) in [5, 5.41) is 2.55. The molecular formula is C34H47N7O6S. The number of aromatic nitrogens is 2. The Labute approximate surface area is 286 Å². The first kappa shape index (κ1) is 33.9. The monoisotopic (exact) mass is 681 g/mol. The van der Waals surface area contributed by atoms with E-state index < -0.39 is 35.2 Å². The SMILES string of the molecule is COC(=O)N(C(CN(C(C)=O)N1C(=O)CN(CCCNn2cnc3ccccc32)C1=S)C(=O)OC(C)(C)C)C12CC3CC(CC(C3)C1)C2. The molecule has 1 saturated heterocycles. The van der Waals surface area contributed by atoms with Crippen molar-refractivity contribution in [1.29, 1.82) is 0 Å². The predicted molar refractivity (Wildman–Crippen MR) is 182 cm³/mol. The van der Waals surface area contributed by atoms with Crippen LogP contribution in [0.3, 0.4) is 0 Å². The van der Waals surface area contributed by atoms with Gasteiger partial charge >= 0.3 is 12.1 Å². The van der Waals surface area contributed by atoms with Crippen molar-refractivity contribution in [1.82, 2.24) is 29.5 Å². The number of carbonyl (C=O) groups is 4. The summed E-state index contributed by atoms with van der Waals surface area (Å²) in [6, 6.07) is 6.60. The second-order valence-electron chi connectivity index (χ2n) is 14.9. The molecule has 5 fully saturated rings. The number of imidazole rings is 1. The molecule has 1 unspecified atom stereocenters. The van der Waals surface area contributed by atoms with Crippen LogP contribution in [0.5, 0.6) is 0 Å². The van der Waals surface area contributed by atoms with Crippen molar-refractivity contribution in [2.45, 2.75) is 89.8 Å². The summed E-state index contributed by atoms with van der Waals surface area (Å²) >= 11 is 5.77. The van der Waals surface area contributed by atoms with Crippen molar-refractivity contribution in [2.24, 2.45) is 17.8 Å². The van der Waals surface area contributed by atoms with Gasteiger partial charge in [0.15, 0.2) is 11.2 Å². The third-order valence-electron chi connectivity index (χ3n) is 10.2. The number of nitrogens with one attached hydrogen (secondary N) is 1. The van der Waals surface area contributed by atoms with Crippen LogP contribution < -0.4 is 5.43 Å². The van der Waals surface area contributed by atoms with E-state index in [9.17, 15) is 19.2 Å². The zero-order chi connectivity index (χ0) is 34.4. The van der Waals surface area contributed by atoms with Gasteiger partial charge in [0, 0.05) is 25.6 Å². The Morgan fingerprint density at radius 3 is 2.35 bits per heavy atom. The minimum absolute atomic E-state index is 0.0105. The van der Waals surface area contributed by atoms with Crippen LogP contribution in [-0.2, 0) is 23.9 Å². The fourth-order valence-corrected chi connectivity index (χ4v) is 9.12. The molecule has 1 N–H and O–H groups in total. The third kappa shape index (κ3) is 6.68. The number of amides is 3. The first-order valence-corrected chi connectivity index (χ1v) is 17.4. The maximum Gasteiger partial charge on any atom is 0.410 e. The molecule has 2 aromatic rings. The number of rotatable bonds is 11. The lowest BCUT2D eigenvalue weighted by Crippen LogP contribution is -2.68. The van der Waals surface area contributed by atoms with Crippen LogP contribution in [0.15, 0.2) is 30.6 Å². The number of hydrogen-bond acceptors (Lipinski definition) is 9. The van der Waals surface area contributed by atoms with E-state index in [1.165, 1.54) is 24.1 Å². The number of fused-ring (bicyclic) bond motifs is 1. The molecule has 4 aliphatic carbocycles. The summed E-state index contributed by atoms with van der Waals surface area (Å²) in [5.41, 5.74) is 3.72. The first-order valence-electron chi connectivity index (χ1n) is 16.9. The van der Waals surface area contributed by atoms with E-state index in [4.69, 9.17) is 21.7 Å². The van der Waals surface area contributed by atoms with Crippen LogP contribution in [0, 0.1) is 17.8 Å². The second kappa shape index (κ2) is 13.2. The Morgan fingerprint density at radius 2 is 1.75 bits per heavy atom. The van der Waals surface area contributed by atoms with Crippen LogP contribution in [0.25, 0.3) is 11.0 Å². The van der Waals surface area contributed by atoms with E-state index in [1.807, 2.05) is 28.9 Å². The number of carbonyl (C=O) groups excluding carboxylic acids is 4. The molecule has 4 bridgehead atoms. The fourth-order valence-electron chi connectivity index (χ4n) is 8.76. The number of methoxy groups -OCH3 is 1. The maximum absolute atomic E-state index is 14.1. The smallest absolute Gasteiger partial charge is 0.410 e. The van der Waals surface area contributed by atoms with Crippen molar-refractivity contribution in [2.75, 3.05) is 38.7 Å². The Balaban J connectivity index is 1.21. The summed E-state index contributed by atoms with van der Waals surface area (Å²) in [7, 11) is 1.31. The van der Waals surface area contributed by atoms with Crippen molar-refractivity contribution >= 4 is 52.2 Å². The number of hydrogen-bond donors (Lipinski definition) is 1. The zero-order valence-electron chi connectivity index (χ0n) is 28.5. The van der Waals surface area contributed by atoms with Crippen LogP contribution >= 0.6 is 12.2 Å². The van der Waals surface area contributed by atoms with Crippen LogP contribution in [0.2, 0.25) is 0 Å². The molecule has 0 radical (unpaired) electrons. The van der Waals surface area contributed by atoms with E-state index in [0.29, 0.717) is 37.3 Å². The number of benzene rings is 1. The number of hydrazine groups is 1. The van der Waals surface area contributed by atoms with E-state index >= 15 is 0 Å². The third-order valence-corrected chi connectivity index (χ3v) is 10.6. The van der Waals surface area contributed by atoms with Crippen LogP contribution in [0.4, 0.5) is 4.79 Å². The molecule has 3 amide bonds. The molecule has 1 aliphatic heterocycles. The molecule has 5 aliphatic rings. The Kier molecular flexibility index (Phi) is 9.31. The van der Waals surface area contributed by atoms with E-state index in [0.717, 1.165) is 49.6 Å². The van der Waals surface area contributed by atoms with Crippen LogP contribution in [-0.4, -0.2) is 109 Å².